The number of hydrogen-bond donors (Lipinski definition) is 1. The fourth-order valence-corrected chi connectivity index (χ4v) is 2.46. The SMILES string of the molecule is CCCNC(c1ccnn1CC)C1CCC1. The van der Waals surface area contributed by atoms with Crippen molar-refractivity contribution < 1.29 is 0 Å². The smallest absolute Gasteiger partial charge is 0.0556 e. The molecule has 0 spiro atoms. The Labute approximate surface area is 98.2 Å². The van der Waals surface area contributed by atoms with Crippen molar-refractivity contribution in [1.29, 1.82) is 0 Å². The Balaban J connectivity index is 2.10. The van der Waals surface area contributed by atoms with Crippen LogP contribution < -0.4 is 5.32 Å². The summed E-state index contributed by atoms with van der Waals surface area (Å²) in [4.78, 5) is 0. The topological polar surface area (TPSA) is 29.9 Å². The van der Waals surface area contributed by atoms with Crippen molar-refractivity contribution in [2.75, 3.05) is 6.54 Å². The Kier molecular flexibility index (Phi) is 3.99. The summed E-state index contributed by atoms with van der Waals surface area (Å²) in [5.41, 5.74) is 1.38. The normalized spacial score (nSPS) is 18.4. The van der Waals surface area contributed by atoms with Gasteiger partial charge in [0.25, 0.3) is 0 Å². The molecular weight excluding hydrogens is 198 g/mol. The first-order valence-corrected chi connectivity index (χ1v) is 6.61. The van der Waals surface area contributed by atoms with Crippen LogP contribution in [0.3, 0.4) is 0 Å². The number of hydrogen-bond acceptors (Lipinski definition) is 2. The molecule has 1 N–H and O–H groups in total. The molecule has 3 heteroatoms. The number of aryl methyl sites for hydroxylation is 1. The molecule has 1 aromatic rings. The molecule has 1 aliphatic carbocycles. The van der Waals surface area contributed by atoms with E-state index in [-0.39, 0.29) is 0 Å². The van der Waals surface area contributed by atoms with Gasteiger partial charge >= 0.3 is 0 Å². The molecule has 1 saturated carbocycles. The van der Waals surface area contributed by atoms with Gasteiger partial charge in [-0.3, -0.25) is 4.68 Å². The molecule has 90 valence electrons. The van der Waals surface area contributed by atoms with Crippen molar-refractivity contribution in [2.45, 2.75) is 52.1 Å². The maximum absolute atomic E-state index is 4.38. The minimum atomic E-state index is 0.524. The van der Waals surface area contributed by atoms with Gasteiger partial charge in [0, 0.05) is 12.7 Å². The van der Waals surface area contributed by atoms with Crippen molar-refractivity contribution in [2.24, 2.45) is 5.92 Å². The largest absolute Gasteiger partial charge is 0.308 e. The van der Waals surface area contributed by atoms with E-state index >= 15 is 0 Å². The van der Waals surface area contributed by atoms with Gasteiger partial charge in [-0.25, -0.2) is 0 Å². The van der Waals surface area contributed by atoms with E-state index in [2.05, 4.69) is 35.0 Å². The van der Waals surface area contributed by atoms with Crippen LogP contribution in [0.4, 0.5) is 0 Å². The van der Waals surface area contributed by atoms with Gasteiger partial charge in [-0.2, -0.15) is 5.10 Å². The molecular formula is C13H23N3. The number of nitrogens with zero attached hydrogens (tertiary/aromatic N) is 2. The van der Waals surface area contributed by atoms with Crippen LogP contribution in [0.25, 0.3) is 0 Å². The summed E-state index contributed by atoms with van der Waals surface area (Å²) in [5.74, 6) is 0.827. The second-order valence-corrected chi connectivity index (χ2v) is 4.69. The number of aromatic nitrogens is 2. The highest BCUT2D eigenvalue weighted by molar-refractivity contribution is 5.10. The second kappa shape index (κ2) is 5.48. The Morgan fingerprint density at radius 1 is 1.50 bits per heavy atom. The van der Waals surface area contributed by atoms with Crippen molar-refractivity contribution >= 4 is 0 Å². The van der Waals surface area contributed by atoms with Gasteiger partial charge in [0.1, 0.15) is 0 Å². The Morgan fingerprint density at radius 3 is 2.88 bits per heavy atom. The predicted octanol–water partition coefficient (Wildman–Crippen LogP) is 2.74. The summed E-state index contributed by atoms with van der Waals surface area (Å²) in [6.07, 6.45) is 7.27. The lowest BCUT2D eigenvalue weighted by Crippen LogP contribution is -2.34. The van der Waals surface area contributed by atoms with E-state index in [4.69, 9.17) is 0 Å². The Bertz CT molecular complexity index is 315. The molecule has 1 unspecified atom stereocenters. The Hall–Kier alpha value is -0.830. The fraction of sp³-hybridized carbons (Fsp3) is 0.769. The van der Waals surface area contributed by atoms with Crippen LogP contribution in [0.2, 0.25) is 0 Å². The third-order valence-electron chi connectivity index (χ3n) is 3.60. The summed E-state index contributed by atoms with van der Waals surface area (Å²) >= 11 is 0. The molecule has 0 saturated heterocycles. The molecule has 0 radical (unpaired) electrons. The first-order chi connectivity index (χ1) is 7.86. The van der Waals surface area contributed by atoms with E-state index in [1.165, 1.54) is 31.4 Å². The predicted molar refractivity (Wildman–Crippen MR) is 66.3 cm³/mol. The lowest BCUT2D eigenvalue weighted by atomic mass is 9.78. The standard InChI is InChI=1S/C13H23N3/c1-3-9-14-13(11-6-5-7-11)12-8-10-15-16(12)4-2/h8,10-11,13-14H,3-7,9H2,1-2H3. The average Bonchev–Trinajstić information content (AvgIpc) is 2.69. The third-order valence-corrected chi connectivity index (χ3v) is 3.60. The number of rotatable bonds is 6. The molecule has 0 bridgehead atoms. The molecule has 1 aliphatic rings. The highest BCUT2D eigenvalue weighted by atomic mass is 15.3. The zero-order chi connectivity index (χ0) is 11.4. The molecule has 1 atom stereocenters. The van der Waals surface area contributed by atoms with Gasteiger partial charge < -0.3 is 5.32 Å². The molecule has 1 aromatic heterocycles. The van der Waals surface area contributed by atoms with Gasteiger partial charge in [-0.1, -0.05) is 13.3 Å². The van der Waals surface area contributed by atoms with E-state index in [9.17, 15) is 0 Å². The monoisotopic (exact) mass is 221 g/mol. The summed E-state index contributed by atoms with van der Waals surface area (Å²) in [5, 5.41) is 8.07. The zero-order valence-electron chi connectivity index (χ0n) is 10.4. The molecule has 0 amide bonds. The molecule has 2 rings (SSSR count). The van der Waals surface area contributed by atoms with Crippen molar-refractivity contribution in [3.63, 3.8) is 0 Å². The third kappa shape index (κ3) is 2.29. The van der Waals surface area contributed by atoms with E-state index in [0.29, 0.717) is 6.04 Å². The van der Waals surface area contributed by atoms with Gasteiger partial charge in [-0.15, -0.1) is 0 Å². The van der Waals surface area contributed by atoms with Crippen LogP contribution >= 0.6 is 0 Å². The fourth-order valence-electron chi connectivity index (χ4n) is 2.46. The summed E-state index contributed by atoms with van der Waals surface area (Å²) in [7, 11) is 0. The average molecular weight is 221 g/mol. The molecule has 16 heavy (non-hydrogen) atoms. The molecule has 1 heterocycles. The first kappa shape index (κ1) is 11.6. The summed E-state index contributed by atoms with van der Waals surface area (Å²) in [6, 6.07) is 2.70. The van der Waals surface area contributed by atoms with E-state index < -0.39 is 0 Å². The van der Waals surface area contributed by atoms with Crippen molar-refractivity contribution in [1.82, 2.24) is 15.1 Å². The Morgan fingerprint density at radius 2 is 2.31 bits per heavy atom. The highest BCUT2D eigenvalue weighted by Gasteiger charge is 2.29. The van der Waals surface area contributed by atoms with Crippen LogP contribution in [0, 0.1) is 5.92 Å². The number of nitrogens with one attached hydrogen (secondary N) is 1. The maximum atomic E-state index is 4.38. The van der Waals surface area contributed by atoms with Gasteiger partial charge in [0.2, 0.25) is 0 Å². The van der Waals surface area contributed by atoms with Gasteiger partial charge in [0.05, 0.1) is 11.7 Å². The summed E-state index contributed by atoms with van der Waals surface area (Å²) in [6.45, 7) is 6.46. The lowest BCUT2D eigenvalue weighted by Gasteiger charge is -2.34. The van der Waals surface area contributed by atoms with Gasteiger partial charge in [0.15, 0.2) is 0 Å². The molecule has 0 aliphatic heterocycles. The van der Waals surface area contributed by atoms with E-state index in [1.54, 1.807) is 0 Å². The maximum Gasteiger partial charge on any atom is 0.0556 e. The minimum absolute atomic E-state index is 0.524. The van der Waals surface area contributed by atoms with Crippen molar-refractivity contribution in [3.05, 3.63) is 18.0 Å². The molecule has 3 nitrogen and oxygen atoms in total. The van der Waals surface area contributed by atoms with Crippen LogP contribution in [-0.2, 0) is 6.54 Å². The van der Waals surface area contributed by atoms with Crippen molar-refractivity contribution in [3.8, 4) is 0 Å². The molecule has 0 aromatic carbocycles. The van der Waals surface area contributed by atoms with E-state index in [1.807, 2.05) is 6.20 Å². The summed E-state index contributed by atoms with van der Waals surface area (Å²) < 4.78 is 2.13. The quantitative estimate of drug-likeness (QED) is 0.800. The van der Waals surface area contributed by atoms with Crippen LogP contribution in [-0.4, -0.2) is 16.3 Å². The van der Waals surface area contributed by atoms with Crippen LogP contribution in [0.5, 0.6) is 0 Å². The highest BCUT2D eigenvalue weighted by Crippen LogP contribution is 2.37. The second-order valence-electron chi connectivity index (χ2n) is 4.69. The molecule has 1 fully saturated rings. The van der Waals surface area contributed by atoms with Crippen LogP contribution in [0.15, 0.2) is 12.3 Å². The van der Waals surface area contributed by atoms with E-state index in [0.717, 1.165) is 19.0 Å². The first-order valence-electron chi connectivity index (χ1n) is 6.61. The van der Waals surface area contributed by atoms with Gasteiger partial charge in [-0.05, 0) is 44.7 Å². The minimum Gasteiger partial charge on any atom is -0.308 e. The zero-order valence-corrected chi connectivity index (χ0v) is 10.4. The lowest BCUT2D eigenvalue weighted by molar-refractivity contribution is 0.222. The van der Waals surface area contributed by atoms with Crippen LogP contribution in [0.1, 0.15) is 51.3 Å².